The van der Waals surface area contributed by atoms with Gasteiger partial charge in [-0.2, -0.15) is 0 Å². The van der Waals surface area contributed by atoms with Gasteiger partial charge in [0.1, 0.15) is 0 Å². The quantitative estimate of drug-likeness (QED) is 0.681. The van der Waals surface area contributed by atoms with Crippen LogP contribution in [-0.4, -0.2) is 5.38 Å². The maximum Gasteiger partial charge on any atom is 0.0404 e. The second kappa shape index (κ2) is 4.70. The topological polar surface area (TPSA) is 0 Å². The largest absolute Gasteiger partial charge is 0.122 e. The van der Waals surface area contributed by atoms with Gasteiger partial charge in [0.15, 0.2) is 0 Å². The number of hydrogen-bond acceptors (Lipinski definition) is 0. The molecule has 1 atom stereocenters. The molecule has 0 bridgehead atoms. The van der Waals surface area contributed by atoms with Crippen molar-refractivity contribution in [1.82, 2.24) is 0 Å². The normalized spacial score (nSPS) is 17.9. The molecule has 1 unspecified atom stereocenters. The molecule has 0 aliphatic heterocycles. The standard InChI is InChI=1S/C16H17Cl/c17-16(13-7-4-8-13)11-14-9-3-6-12-5-1-2-10-15(12)14/h1-3,5-6,9-10,13,16H,4,7-8,11H2. The van der Waals surface area contributed by atoms with E-state index >= 15 is 0 Å². The zero-order valence-electron chi connectivity index (χ0n) is 9.90. The molecule has 17 heavy (non-hydrogen) atoms. The molecule has 1 aliphatic carbocycles. The summed E-state index contributed by atoms with van der Waals surface area (Å²) in [5, 5.41) is 3.00. The molecule has 88 valence electrons. The monoisotopic (exact) mass is 244 g/mol. The SMILES string of the molecule is ClC(Cc1cccc2ccccc12)C1CCC1. The first-order chi connectivity index (χ1) is 8.34. The van der Waals surface area contributed by atoms with Crippen molar-refractivity contribution < 1.29 is 0 Å². The van der Waals surface area contributed by atoms with E-state index in [9.17, 15) is 0 Å². The Morgan fingerprint density at radius 2 is 1.82 bits per heavy atom. The minimum atomic E-state index is 0.314. The Morgan fingerprint density at radius 1 is 1.06 bits per heavy atom. The van der Waals surface area contributed by atoms with Crippen LogP contribution >= 0.6 is 11.6 Å². The highest BCUT2D eigenvalue weighted by atomic mass is 35.5. The predicted octanol–water partition coefficient (Wildman–Crippen LogP) is 4.79. The van der Waals surface area contributed by atoms with Gasteiger partial charge in [-0.3, -0.25) is 0 Å². The summed E-state index contributed by atoms with van der Waals surface area (Å²) in [6.07, 6.45) is 5.01. The lowest BCUT2D eigenvalue weighted by molar-refractivity contribution is 0.302. The van der Waals surface area contributed by atoms with Crippen LogP contribution in [0.3, 0.4) is 0 Å². The molecule has 3 rings (SSSR count). The lowest BCUT2D eigenvalue weighted by Crippen LogP contribution is -2.24. The zero-order valence-corrected chi connectivity index (χ0v) is 10.7. The van der Waals surface area contributed by atoms with Crippen molar-refractivity contribution in [3.8, 4) is 0 Å². The molecule has 1 aliphatic rings. The molecular weight excluding hydrogens is 228 g/mol. The molecule has 1 heteroatoms. The Hall–Kier alpha value is -1.01. The van der Waals surface area contributed by atoms with Crippen LogP contribution in [0.1, 0.15) is 24.8 Å². The lowest BCUT2D eigenvalue weighted by atomic mass is 9.80. The molecule has 0 amide bonds. The fraction of sp³-hybridized carbons (Fsp3) is 0.375. The molecule has 0 nitrogen and oxygen atoms in total. The van der Waals surface area contributed by atoms with E-state index in [1.54, 1.807) is 0 Å². The van der Waals surface area contributed by atoms with Gasteiger partial charge in [0.05, 0.1) is 0 Å². The number of halogens is 1. The van der Waals surface area contributed by atoms with E-state index in [0.29, 0.717) is 5.38 Å². The third-order valence-electron chi connectivity index (χ3n) is 3.96. The molecule has 0 saturated heterocycles. The Bertz CT molecular complexity index is 508. The van der Waals surface area contributed by atoms with Gasteiger partial charge in [-0.15, -0.1) is 11.6 Å². The minimum absolute atomic E-state index is 0.314. The second-order valence-electron chi connectivity index (χ2n) is 5.05. The first-order valence-corrected chi connectivity index (χ1v) is 6.89. The van der Waals surface area contributed by atoms with Gasteiger partial charge in [-0.25, -0.2) is 0 Å². The van der Waals surface area contributed by atoms with Crippen molar-refractivity contribution in [1.29, 1.82) is 0 Å². The van der Waals surface area contributed by atoms with E-state index in [2.05, 4.69) is 42.5 Å². The number of benzene rings is 2. The van der Waals surface area contributed by atoms with Gasteiger partial charge in [-0.05, 0) is 41.5 Å². The average molecular weight is 245 g/mol. The van der Waals surface area contributed by atoms with Crippen LogP contribution in [0, 0.1) is 5.92 Å². The van der Waals surface area contributed by atoms with Crippen molar-refractivity contribution >= 4 is 22.4 Å². The fourth-order valence-electron chi connectivity index (χ4n) is 2.65. The predicted molar refractivity (Wildman–Crippen MR) is 74.6 cm³/mol. The van der Waals surface area contributed by atoms with E-state index in [4.69, 9.17) is 11.6 Å². The third kappa shape index (κ3) is 2.19. The molecule has 2 aromatic rings. The van der Waals surface area contributed by atoms with E-state index in [1.807, 2.05) is 0 Å². The summed E-state index contributed by atoms with van der Waals surface area (Å²) in [5.41, 5.74) is 1.40. The van der Waals surface area contributed by atoms with Crippen molar-refractivity contribution in [2.45, 2.75) is 31.1 Å². The van der Waals surface area contributed by atoms with Crippen molar-refractivity contribution in [3.05, 3.63) is 48.0 Å². The Kier molecular flexibility index (Phi) is 3.07. The average Bonchev–Trinajstić information content (AvgIpc) is 2.27. The zero-order chi connectivity index (χ0) is 11.7. The molecule has 1 saturated carbocycles. The fourth-order valence-corrected chi connectivity index (χ4v) is 3.07. The molecule has 1 fully saturated rings. The van der Waals surface area contributed by atoms with Crippen LogP contribution in [0.15, 0.2) is 42.5 Å². The van der Waals surface area contributed by atoms with E-state index < -0.39 is 0 Å². The van der Waals surface area contributed by atoms with E-state index in [1.165, 1.54) is 35.6 Å². The van der Waals surface area contributed by atoms with Crippen LogP contribution in [0.25, 0.3) is 10.8 Å². The van der Waals surface area contributed by atoms with Crippen LogP contribution in [-0.2, 0) is 6.42 Å². The molecule has 2 aromatic carbocycles. The van der Waals surface area contributed by atoms with Crippen molar-refractivity contribution in [2.24, 2.45) is 5.92 Å². The van der Waals surface area contributed by atoms with Crippen LogP contribution < -0.4 is 0 Å². The van der Waals surface area contributed by atoms with Gasteiger partial charge >= 0.3 is 0 Å². The summed E-state index contributed by atoms with van der Waals surface area (Å²) in [6.45, 7) is 0. The summed E-state index contributed by atoms with van der Waals surface area (Å²) in [7, 11) is 0. The number of alkyl halides is 1. The maximum atomic E-state index is 6.52. The molecule has 0 spiro atoms. The van der Waals surface area contributed by atoms with Crippen LogP contribution in [0.4, 0.5) is 0 Å². The highest BCUT2D eigenvalue weighted by molar-refractivity contribution is 6.21. The van der Waals surface area contributed by atoms with Crippen molar-refractivity contribution in [3.63, 3.8) is 0 Å². The van der Waals surface area contributed by atoms with Gasteiger partial charge in [-0.1, -0.05) is 48.9 Å². The number of rotatable bonds is 3. The minimum Gasteiger partial charge on any atom is -0.122 e. The van der Waals surface area contributed by atoms with Crippen LogP contribution in [0.2, 0.25) is 0 Å². The number of fused-ring (bicyclic) bond motifs is 1. The number of hydrogen-bond donors (Lipinski definition) is 0. The van der Waals surface area contributed by atoms with Gasteiger partial charge in [0.25, 0.3) is 0 Å². The first-order valence-electron chi connectivity index (χ1n) is 6.45. The molecule has 0 N–H and O–H groups in total. The summed E-state index contributed by atoms with van der Waals surface area (Å²) >= 11 is 6.52. The first kappa shape index (κ1) is 11.1. The summed E-state index contributed by atoms with van der Waals surface area (Å²) in [6, 6.07) is 15.1. The van der Waals surface area contributed by atoms with Crippen molar-refractivity contribution in [2.75, 3.05) is 0 Å². The lowest BCUT2D eigenvalue weighted by Gasteiger charge is -2.30. The smallest absolute Gasteiger partial charge is 0.0404 e. The van der Waals surface area contributed by atoms with Crippen LogP contribution in [0.5, 0.6) is 0 Å². The van der Waals surface area contributed by atoms with E-state index in [0.717, 1.165) is 12.3 Å². The molecule has 0 heterocycles. The van der Waals surface area contributed by atoms with Gasteiger partial charge in [0, 0.05) is 5.38 Å². The maximum absolute atomic E-state index is 6.52. The highest BCUT2D eigenvalue weighted by Gasteiger charge is 2.25. The summed E-state index contributed by atoms with van der Waals surface area (Å²) in [4.78, 5) is 0. The van der Waals surface area contributed by atoms with E-state index in [-0.39, 0.29) is 0 Å². The highest BCUT2D eigenvalue weighted by Crippen LogP contribution is 2.35. The van der Waals surface area contributed by atoms with Gasteiger partial charge in [0.2, 0.25) is 0 Å². The molecular formula is C16H17Cl. The Balaban J connectivity index is 1.89. The molecule has 0 aromatic heterocycles. The molecule has 0 radical (unpaired) electrons. The third-order valence-corrected chi connectivity index (χ3v) is 4.47. The summed E-state index contributed by atoms with van der Waals surface area (Å²) in [5.74, 6) is 0.746. The second-order valence-corrected chi connectivity index (χ2v) is 5.61. The Morgan fingerprint density at radius 3 is 2.59 bits per heavy atom. The Labute approximate surface area is 108 Å². The summed E-state index contributed by atoms with van der Waals surface area (Å²) < 4.78 is 0. The van der Waals surface area contributed by atoms with Gasteiger partial charge < -0.3 is 0 Å².